The molecule has 2 heterocycles. The van der Waals surface area contributed by atoms with Crippen molar-refractivity contribution in [2.24, 2.45) is 0 Å². The lowest BCUT2D eigenvalue weighted by Gasteiger charge is -2.18. The monoisotopic (exact) mass is 522 g/mol. The molecule has 3 aromatic carbocycles. The zero-order valence-corrected chi connectivity index (χ0v) is 21.2. The molecule has 1 N–H and O–H groups in total. The van der Waals surface area contributed by atoms with E-state index in [0.29, 0.717) is 60.7 Å². The van der Waals surface area contributed by atoms with Gasteiger partial charge in [0.1, 0.15) is 24.7 Å². The number of oxazole rings is 1. The maximum Gasteiger partial charge on any atom is 0.238 e. The van der Waals surface area contributed by atoms with E-state index in [2.05, 4.69) is 10.3 Å². The minimum absolute atomic E-state index is 0.0112. The van der Waals surface area contributed by atoms with E-state index in [-0.39, 0.29) is 21.7 Å². The van der Waals surface area contributed by atoms with Gasteiger partial charge in [-0.3, -0.25) is 0 Å². The maximum atomic E-state index is 13.8. The third kappa shape index (κ3) is 5.19. The number of benzene rings is 3. The molecule has 0 radical (unpaired) electrons. The van der Waals surface area contributed by atoms with Crippen molar-refractivity contribution in [1.29, 1.82) is 0 Å². The summed E-state index contributed by atoms with van der Waals surface area (Å²) in [5.74, 6) is 2.38. The van der Waals surface area contributed by atoms with Crippen LogP contribution in [0.4, 0.5) is 11.6 Å². The topological polar surface area (TPSA) is 109 Å². The molecule has 1 aliphatic rings. The number of nitrogens with zero attached hydrogens (tertiary/aromatic N) is 1. The molecule has 0 unspecified atom stereocenters. The Morgan fingerprint density at radius 2 is 1.46 bits per heavy atom. The number of sulfone groups is 1. The molecule has 1 aliphatic heterocycles. The SMILES string of the molecule is CCOc1ccc(Nc2oc(-c3ccc(OCC)cc3)nc2S(=O)(=O)c2ccc3c(c2)OCCO3)cc1. The van der Waals surface area contributed by atoms with Gasteiger partial charge in [0, 0.05) is 17.3 Å². The largest absolute Gasteiger partial charge is 0.494 e. The Balaban J connectivity index is 1.55. The zero-order chi connectivity index (χ0) is 25.8. The highest BCUT2D eigenvalue weighted by molar-refractivity contribution is 7.91. The standard InChI is InChI=1S/C27H26N2O7S/c1-3-32-20-9-5-18(6-10-20)25-29-27(26(36-25)28-19-7-11-21(12-8-19)33-4-2)37(30,31)22-13-14-23-24(17-22)35-16-15-34-23/h5-14,17,28H,3-4,15-16H2,1-2H3. The van der Waals surface area contributed by atoms with Crippen molar-refractivity contribution < 1.29 is 31.8 Å². The van der Waals surface area contributed by atoms with E-state index in [1.54, 1.807) is 54.6 Å². The highest BCUT2D eigenvalue weighted by atomic mass is 32.2. The lowest BCUT2D eigenvalue weighted by Crippen LogP contribution is -2.16. The van der Waals surface area contributed by atoms with Crippen LogP contribution in [0.2, 0.25) is 0 Å². The predicted octanol–water partition coefficient (Wildman–Crippen LogP) is 5.49. The molecular weight excluding hydrogens is 496 g/mol. The number of hydrogen-bond acceptors (Lipinski definition) is 9. The molecular formula is C27H26N2O7S. The molecule has 192 valence electrons. The molecule has 0 saturated carbocycles. The van der Waals surface area contributed by atoms with Gasteiger partial charge in [-0.2, -0.15) is 4.98 Å². The summed E-state index contributed by atoms with van der Waals surface area (Å²) in [5, 5.41) is 2.81. The van der Waals surface area contributed by atoms with Gasteiger partial charge in [0.05, 0.1) is 18.1 Å². The van der Waals surface area contributed by atoms with Crippen LogP contribution in [0.15, 0.2) is 81.1 Å². The number of ether oxygens (including phenoxy) is 4. The Morgan fingerprint density at radius 3 is 2.11 bits per heavy atom. The fourth-order valence-electron chi connectivity index (χ4n) is 3.79. The van der Waals surface area contributed by atoms with Gasteiger partial charge in [0.25, 0.3) is 0 Å². The zero-order valence-electron chi connectivity index (χ0n) is 20.4. The summed E-state index contributed by atoms with van der Waals surface area (Å²) >= 11 is 0. The number of hydrogen-bond donors (Lipinski definition) is 1. The highest BCUT2D eigenvalue weighted by Crippen LogP contribution is 2.38. The fourth-order valence-corrected chi connectivity index (χ4v) is 5.06. The minimum Gasteiger partial charge on any atom is -0.494 e. The van der Waals surface area contributed by atoms with Crippen molar-refractivity contribution in [2.45, 2.75) is 23.8 Å². The molecule has 1 aromatic heterocycles. The molecule has 0 saturated heterocycles. The number of nitrogens with one attached hydrogen (secondary N) is 1. The van der Waals surface area contributed by atoms with Gasteiger partial charge in [-0.25, -0.2) is 8.42 Å². The smallest absolute Gasteiger partial charge is 0.238 e. The Bertz CT molecular complexity index is 1480. The molecule has 37 heavy (non-hydrogen) atoms. The van der Waals surface area contributed by atoms with Crippen LogP contribution < -0.4 is 24.3 Å². The van der Waals surface area contributed by atoms with E-state index in [9.17, 15) is 8.42 Å². The second-order valence-electron chi connectivity index (χ2n) is 8.00. The summed E-state index contributed by atoms with van der Waals surface area (Å²) in [7, 11) is -4.10. The van der Waals surface area contributed by atoms with Crippen LogP contribution in [0, 0.1) is 0 Å². The molecule has 0 aliphatic carbocycles. The summed E-state index contributed by atoms with van der Waals surface area (Å²) in [6.07, 6.45) is 0. The van der Waals surface area contributed by atoms with Crippen LogP contribution in [0.1, 0.15) is 13.8 Å². The van der Waals surface area contributed by atoms with Crippen LogP contribution in [0.5, 0.6) is 23.0 Å². The van der Waals surface area contributed by atoms with E-state index in [1.165, 1.54) is 12.1 Å². The summed E-state index contributed by atoms with van der Waals surface area (Å²) in [5.41, 5.74) is 1.21. The summed E-state index contributed by atoms with van der Waals surface area (Å²) in [4.78, 5) is 4.42. The van der Waals surface area contributed by atoms with Gasteiger partial charge in [0.2, 0.25) is 26.6 Å². The third-order valence-corrected chi connectivity index (χ3v) is 7.17. The molecule has 0 spiro atoms. The molecule has 0 fully saturated rings. The molecule has 5 rings (SSSR count). The van der Waals surface area contributed by atoms with Crippen molar-refractivity contribution in [3.8, 4) is 34.5 Å². The van der Waals surface area contributed by atoms with Crippen molar-refractivity contribution in [3.05, 3.63) is 66.7 Å². The van der Waals surface area contributed by atoms with Crippen LogP contribution in [-0.4, -0.2) is 39.8 Å². The molecule has 0 amide bonds. The first-order valence-corrected chi connectivity index (χ1v) is 13.3. The molecule has 9 nitrogen and oxygen atoms in total. The normalized spacial score (nSPS) is 12.7. The van der Waals surface area contributed by atoms with E-state index >= 15 is 0 Å². The number of aromatic nitrogens is 1. The van der Waals surface area contributed by atoms with E-state index < -0.39 is 9.84 Å². The van der Waals surface area contributed by atoms with Crippen molar-refractivity contribution in [3.63, 3.8) is 0 Å². The van der Waals surface area contributed by atoms with Crippen molar-refractivity contribution >= 4 is 21.4 Å². The van der Waals surface area contributed by atoms with Gasteiger partial charge in [-0.05, 0) is 74.5 Å². The Labute approximate surface area is 214 Å². The van der Waals surface area contributed by atoms with Gasteiger partial charge in [-0.1, -0.05) is 0 Å². The first-order valence-electron chi connectivity index (χ1n) is 11.9. The van der Waals surface area contributed by atoms with Crippen LogP contribution in [0.25, 0.3) is 11.5 Å². The fraction of sp³-hybridized carbons (Fsp3) is 0.222. The highest BCUT2D eigenvalue weighted by Gasteiger charge is 2.30. The number of anilines is 2. The van der Waals surface area contributed by atoms with Gasteiger partial charge in [-0.15, -0.1) is 0 Å². The van der Waals surface area contributed by atoms with E-state index in [1.807, 2.05) is 13.8 Å². The molecule has 4 aromatic rings. The summed E-state index contributed by atoms with van der Waals surface area (Å²) < 4.78 is 55.6. The first kappa shape index (κ1) is 24.5. The maximum absolute atomic E-state index is 13.8. The predicted molar refractivity (Wildman–Crippen MR) is 137 cm³/mol. The van der Waals surface area contributed by atoms with Gasteiger partial charge >= 0.3 is 0 Å². The average Bonchev–Trinajstić information content (AvgIpc) is 3.35. The van der Waals surface area contributed by atoms with Crippen LogP contribution in [-0.2, 0) is 9.84 Å². The molecule has 10 heteroatoms. The van der Waals surface area contributed by atoms with Crippen molar-refractivity contribution in [1.82, 2.24) is 4.98 Å². The first-order chi connectivity index (χ1) is 18.0. The third-order valence-electron chi connectivity index (χ3n) is 5.51. The number of rotatable bonds is 9. The summed E-state index contributed by atoms with van der Waals surface area (Å²) in [6.45, 7) is 5.62. The summed E-state index contributed by atoms with van der Waals surface area (Å²) in [6, 6.07) is 18.7. The second kappa shape index (κ2) is 10.4. The molecule has 0 atom stereocenters. The van der Waals surface area contributed by atoms with Crippen LogP contribution in [0.3, 0.4) is 0 Å². The lowest BCUT2D eigenvalue weighted by molar-refractivity contribution is 0.171. The Kier molecular flexibility index (Phi) is 6.91. The minimum atomic E-state index is -4.10. The van der Waals surface area contributed by atoms with Gasteiger partial charge < -0.3 is 28.7 Å². The average molecular weight is 523 g/mol. The number of fused-ring (bicyclic) bond motifs is 1. The lowest BCUT2D eigenvalue weighted by atomic mass is 10.2. The Hall–Kier alpha value is -4.18. The Morgan fingerprint density at radius 1 is 0.838 bits per heavy atom. The van der Waals surface area contributed by atoms with Crippen molar-refractivity contribution in [2.75, 3.05) is 31.7 Å². The molecule has 0 bridgehead atoms. The van der Waals surface area contributed by atoms with Crippen LogP contribution >= 0.6 is 0 Å². The van der Waals surface area contributed by atoms with E-state index in [4.69, 9.17) is 23.4 Å². The van der Waals surface area contributed by atoms with Gasteiger partial charge in [0.15, 0.2) is 11.5 Å². The second-order valence-corrected chi connectivity index (χ2v) is 9.87. The quantitative estimate of drug-likeness (QED) is 0.305. The van der Waals surface area contributed by atoms with E-state index in [0.717, 1.165) is 0 Å².